The van der Waals surface area contributed by atoms with Gasteiger partial charge >= 0.3 is 11.7 Å². The standard InChI is InChI=1S/C14H15N3O5S/c1-22-10(19)6-16-12(20)11-7-3-2-4-8(7)23-13(11)17(14(16)21)5-9(15)18/h2-6H2,1H3,(H2,15,18). The molecule has 0 fully saturated rings. The number of nitrogens with zero attached hydrogens (tertiary/aromatic N) is 2. The van der Waals surface area contributed by atoms with E-state index in [0.29, 0.717) is 10.2 Å². The smallest absolute Gasteiger partial charge is 0.333 e. The quantitative estimate of drug-likeness (QED) is 0.746. The van der Waals surface area contributed by atoms with E-state index in [9.17, 15) is 19.2 Å². The van der Waals surface area contributed by atoms with Gasteiger partial charge in [0.25, 0.3) is 5.56 Å². The molecule has 0 unspecified atom stereocenters. The van der Waals surface area contributed by atoms with Crippen LogP contribution in [-0.2, 0) is 40.3 Å². The Balaban J connectivity index is 2.35. The lowest BCUT2D eigenvalue weighted by atomic mass is 10.2. The molecule has 9 heteroatoms. The van der Waals surface area contributed by atoms with Gasteiger partial charge < -0.3 is 10.5 Å². The van der Waals surface area contributed by atoms with Gasteiger partial charge in [0.15, 0.2) is 0 Å². The van der Waals surface area contributed by atoms with E-state index in [2.05, 4.69) is 4.74 Å². The lowest BCUT2D eigenvalue weighted by Gasteiger charge is -2.10. The molecule has 2 aromatic rings. The Hall–Kier alpha value is -2.42. The van der Waals surface area contributed by atoms with E-state index < -0.39 is 29.7 Å². The molecule has 0 saturated carbocycles. The molecule has 0 radical (unpaired) electrons. The van der Waals surface area contributed by atoms with E-state index in [0.717, 1.165) is 34.3 Å². The van der Waals surface area contributed by atoms with E-state index in [4.69, 9.17) is 5.73 Å². The summed E-state index contributed by atoms with van der Waals surface area (Å²) in [7, 11) is 1.18. The number of hydrogen-bond donors (Lipinski definition) is 1. The van der Waals surface area contributed by atoms with Crippen LogP contribution in [-0.4, -0.2) is 28.1 Å². The molecular formula is C14H15N3O5S. The summed E-state index contributed by atoms with van der Waals surface area (Å²) in [5.74, 6) is -1.40. The van der Waals surface area contributed by atoms with Crippen LogP contribution in [0.15, 0.2) is 9.59 Å². The molecule has 8 nitrogen and oxygen atoms in total. The van der Waals surface area contributed by atoms with Crippen LogP contribution in [0, 0.1) is 0 Å². The number of thiophene rings is 1. The zero-order chi connectivity index (χ0) is 16.7. The third-order valence-corrected chi connectivity index (χ3v) is 5.21. The molecule has 0 bridgehead atoms. The number of aryl methyl sites for hydroxylation is 2. The number of carbonyl (C=O) groups is 2. The topological polar surface area (TPSA) is 113 Å². The fraction of sp³-hybridized carbons (Fsp3) is 0.429. The normalized spacial score (nSPS) is 13.3. The fourth-order valence-electron chi connectivity index (χ4n) is 2.88. The molecule has 3 rings (SSSR count). The van der Waals surface area contributed by atoms with E-state index in [1.807, 2.05) is 0 Å². The summed E-state index contributed by atoms with van der Waals surface area (Å²) in [6.45, 7) is -0.830. The van der Waals surface area contributed by atoms with E-state index in [1.165, 1.54) is 23.0 Å². The zero-order valence-corrected chi connectivity index (χ0v) is 13.3. The predicted molar refractivity (Wildman–Crippen MR) is 83.6 cm³/mol. The van der Waals surface area contributed by atoms with Gasteiger partial charge in [-0.05, 0) is 24.8 Å². The van der Waals surface area contributed by atoms with E-state index in [-0.39, 0.29) is 6.54 Å². The number of primary amides is 1. The van der Waals surface area contributed by atoms with Crippen LogP contribution in [0.3, 0.4) is 0 Å². The molecule has 1 aliphatic rings. The first-order valence-electron chi connectivity index (χ1n) is 7.07. The third kappa shape index (κ3) is 2.46. The highest BCUT2D eigenvalue weighted by atomic mass is 32.1. The van der Waals surface area contributed by atoms with Crippen LogP contribution in [0.4, 0.5) is 0 Å². The summed E-state index contributed by atoms with van der Waals surface area (Å²) >= 11 is 1.34. The van der Waals surface area contributed by atoms with Crippen molar-refractivity contribution >= 4 is 33.4 Å². The molecule has 23 heavy (non-hydrogen) atoms. The zero-order valence-electron chi connectivity index (χ0n) is 12.5. The fourth-order valence-corrected chi connectivity index (χ4v) is 4.26. The van der Waals surface area contributed by atoms with Crippen molar-refractivity contribution in [3.8, 4) is 0 Å². The molecule has 0 atom stereocenters. The van der Waals surface area contributed by atoms with Crippen molar-refractivity contribution < 1.29 is 14.3 Å². The molecular weight excluding hydrogens is 322 g/mol. The van der Waals surface area contributed by atoms with Crippen LogP contribution in [0.5, 0.6) is 0 Å². The van der Waals surface area contributed by atoms with Gasteiger partial charge in [0.2, 0.25) is 5.91 Å². The molecule has 1 aliphatic carbocycles. The number of hydrogen-bond acceptors (Lipinski definition) is 6. The van der Waals surface area contributed by atoms with Crippen molar-refractivity contribution in [2.45, 2.75) is 32.4 Å². The van der Waals surface area contributed by atoms with Gasteiger partial charge in [0.1, 0.15) is 17.9 Å². The Bertz CT molecular complexity index is 937. The molecule has 0 aromatic carbocycles. The molecule has 0 saturated heterocycles. The second-order valence-corrected chi connectivity index (χ2v) is 6.42. The summed E-state index contributed by atoms with van der Waals surface area (Å²) in [5.41, 5.74) is 4.88. The minimum Gasteiger partial charge on any atom is -0.468 e. The second-order valence-electron chi connectivity index (χ2n) is 5.34. The number of fused-ring (bicyclic) bond motifs is 3. The molecule has 0 spiro atoms. The van der Waals surface area contributed by atoms with Crippen LogP contribution in [0.1, 0.15) is 16.9 Å². The van der Waals surface area contributed by atoms with Gasteiger partial charge in [0, 0.05) is 4.88 Å². The largest absolute Gasteiger partial charge is 0.468 e. The minimum absolute atomic E-state index is 0.337. The van der Waals surface area contributed by atoms with Gasteiger partial charge in [-0.15, -0.1) is 11.3 Å². The Morgan fingerprint density at radius 1 is 1.22 bits per heavy atom. The highest BCUT2D eigenvalue weighted by molar-refractivity contribution is 7.19. The molecule has 1 amide bonds. The maximum atomic E-state index is 12.7. The van der Waals surface area contributed by atoms with Crippen molar-refractivity contribution in [3.63, 3.8) is 0 Å². The maximum absolute atomic E-state index is 12.7. The van der Waals surface area contributed by atoms with Crippen molar-refractivity contribution in [3.05, 3.63) is 31.3 Å². The molecule has 0 aliphatic heterocycles. The van der Waals surface area contributed by atoms with Gasteiger partial charge in [-0.2, -0.15) is 0 Å². The van der Waals surface area contributed by atoms with Gasteiger partial charge in [-0.25, -0.2) is 9.36 Å². The van der Waals surface area contributed by atoms with Crippen molar-refractivity contribution in [2.75, 3.05) is 7.11 Å². The number of ether oxygens (including phenoxy) is 1. The number of carbonyl (C=O) groups excluding carboxylic acids is 2. The number of aromatic nitrogens is 2. The van der Waals surface area contributed by atoms with Crippen LogP contribution < -0.4 is 17.0 Å². The van der Waals surface area contributed by atoms with Crippen LogP contribution in [0.2, 0.25) is 0 Å². The Morgan fingerprint density at radius 3 is 2.61 bits per heavy atom. The molecule has 2 aromatic heterocycles. The Labute approximate surface area is 134 Å². The molecule has 122 valence electrons. The summed E-state index contributed by atoms with van der Waals surface area (Å²) in [4.78, 5) is 49.5. The lowest BCUT2D eigenvalue weighted by molar-refractivity contribution is -0.141. The highest BCUT2D eigenvalue weighted by Gasteiger charge is 2.25. The summed E-state index contributed by atoms with van der Waals surface area (Å²) in [6, 6.07) is 0. The average molecular weight is 337 g/mol. The monoisotopic (exact) mass is 337 g/mol. The number of amides is 1. The SMILES string of the molecule is COC(=O)Cn1c(=O)c2c3c(sc2n(CC(N)=O)c1=O)CCC3. The molecule has 2 N–H and O–H groups in total. The number of methoxy groups -OCH3 is 1. The Kier molecular flexibility index (Phi) is 3.80. The van der Waals surface area contributed by atoms with Crippen molar-refractivity contribution in [2.24, 2.45) is 5.73 Å². The predicted octanol–water partition coefficient (Wildman–Crippen LogP) is -0.628. The summed E-state index contributed by atoms with van der Waals surface area (Å²) in [5, 5.41) is 0.409. The first kappa shape index (κ1) is 15.5. The molecule has 2 heterocycles. The number of esters is 1. The number of rotatable bonds is 4. The van der Waals surface area contributed by atoms with E-state index >= 15 is 0 Å². The summed E-state index contributed by atoms with van der Waals surface area (Å²) in [6.07, 6.45) is 2.54. The first-order valence-corrected chi connectivity index (χ1v) is 7.88. The number of nitrogens with two attached hydrogens (primary N) is 1. The maximum Gasteiger partial charge on any atom is 0.333 e. The minimum atomic E-state index is -0.730. The average Bonchev–Trinajstić information content (AvgIpc) is 3.07. The van der Waals surface area contributed by atoms with Gasteiger partial charge in [-0.1, -0.05) is 0 Å². The van der Waals surface area contributed by atoms with E-state index in [1.54, 1.807) is 0 Å². The van der Waals surface area contributed by atoms with Gasteiger partial charge in [-0.3, -0.25) is 19.0 Å². The second kappa shape index (κ2) is 5.65. The third-order valence-electron chi connectivity index (χ3n) is 3.90. The van der Waals surface area contributed by atoms with Gasteiger partial charge in [0.05, 0.1) is 12.5 Å². The lowest BCUT2D eigenvalue weighted by Crippen LogP contribution is -2.43. The van der Waals surface area contributed by atoms with Crippen LogP contribution >= 0.6 is 11.3 Å². The van der Waals surface area contributed by atoms with Crippen molar-refractivity contribution in [1.82, 2.24) is 9.13 Å². The highest BCUT2D eigenvalue weighted by Crippen LogP contribution is 2.34. The van der Waals surface area contributed by atoms with Crippen molar-refractivity contribution in [1.29, 1.82) is 0 Å². The van der Waals surface area contributed by atoms with Crippen LogP contribution in [0.25, 0.3) is 10.2 Å². The summed E-state index contributed by atoms with van der Waals surface area (Å²) < 4.78 is 6.52. The first-order chi connectivity index (χ1) is 10.9. The Morgan fingerprint density at radius 2 is 1.96 bits per heavy atom.